The van der Waals surface area contributed by atoms with Crippen LogP contribution in [0.2, 0.25) is 0 Å². The first kappa shape index (κ1) is 11.6. The summed E-state index contributed by atoms with van der Waals surface area (Å²) < 4.78 is 10.4. The fourth-order valence-electron chi connectivity index (χ4n) is 1.03. The van der Waals surface area contributed by atoms with Gasteiger partial charge in [0.1, 0.15) is 12.9 Å². The van der Waals surface area contributed by atoms with E-state index in [0.717, 1.165) is 6.29 Å². The predicted octanol–water partition coefficient (Wildman–Crippen LogP) is 2.64. The van der Waals surface area contributed by atoms with Crippen molar-refractivity contribution in [3.05, 3.63) is 35.4 Å². The van der Waals surface area contributed by atoms with Crippen molar-refractivity contribution in [3.63, 3.8) is 0 Å². The molecule has 0 saturated heterocycles. The zero-order valence-corrected chi connectivity index (χ0v) is 9.08. The van der Waals surface area contributed by atoms with E-state index >= 15 is 0 Å². The van der Waals surface area contributed by atoms with Crippen molar-refractivity contribution in [3.8, 4) is 11.5 Å². The van der Waals surface area contributed by atoms with Gasteiger partial charge in [0.15, 0.2) is 11.5 Å². The summed E-state index contributed by atoms with van der Waals surface area (Å²) in [7, 11) is 1.51. The fraction of sp³-hybridized carbons (Fsp3) is 0.182. The molecule has 0 atom stereocenters. The largest absolute Gasteiger partial charge is 0.493 e. The lowest BCUT2D eigenvalue weighted by Gasteiger charge is -2.09. The second kappa shape index (κ2) is 5.41. The zero-order valence-electron chi connectivity index (χ0n) is 8.33. The topological polar surface area (TPSA) is 35.5 Å². The highest BCUT2D eigenvalue weighted by atomic mass is 35.5. The molecule has 0 radical (unpaired) electrons. The molecule has 0 spiro atoms. The normalized spacial score (nSPS) is 9.47. The number of carbonyl (C=O) groups is 1. The third-order valence-electron chi connectivity index (χ3n) is 1.71. The molecule has 0 bridgehead atoms. The molecule has 0 aromatic heterocycles. The first-order valence-corrected chi connectivity index (χ1v) is 4.64. The molecular formula is C11H11ClO3. The van der Waals surface area contributed by atoms with Crippen LogP contribution in [0.25, 0.3) is 0 Å². The summed E-state index contributed by atoms with van der Waals surface area (Å²) in [6.45, 7) is 3.71. The van der Waals surface area contributed by atoms with Gasteiger partial charge in [0, 0.05) is 10.6 Å². The molecule has 3 nitrogen and oxygen atoms in total. The van der Waals surface area contributed by atoms with Crippen LogP contribution in [0.4, 0.5) is 0 Å². The second-order valence-corrected chi connectivity index (χ2v) is 3.37. The first-order chi connectivity index (χ1) is 7.17. The van der Waals surface area contributed by atoms with E-state index in [-0.39, 0.29) is 6.61 Å². The summed E-state index contributed by atoms with van der Waals surface area (Å²) in [5.41, 5.74) is 0.531. The van der Waals surface area contributed by atoms with E-state index in [0.29, 0.717) is 22.1 Å². The molecule has 80 valence electrons. The van der Waals surface area contributed by atoms with E-state index < -0.39 is 0 Å². The Bertz CT molecular complexity index is 374. The van der Waals surface area contributed by atoms with E-state index in [1.54, 1.807) is 18.2 Å². The Labute approximate surface area is 93.3 Å². The van der Waals surface area contributed by atoms with Crippen molar-refractivity contribution in [1.29, 1.82) is 0 Å². The standard InChI is InChI=1S/C11H11ClO3/c1-8(12)7-15-10-4-3-9(6-13)5-11(10)14-2/h3-6H,1,7H2,2H3. The minimum Gasteiger partial charge on any atom is -0.493 e. The average molecular weight is 227 g/mol. The van der Waals surface area contributed by atoms with Gasteiger partial charge in [-0.05, 0) is 18.2 Å². The van der Waals surface area contributed by atoms with E-state index in [4.69, 9.17) is 21.1 Å². The van der Waals surface area contributed by atoms with E-state index in [1.807, 2.05) is 0 Å². The zero-order chi connectivity index (χ0) is 11.3. The SMILES string of the molecule is C=C(Cl)COc1ccc(C=O)cc1OC. The molecule has 0 amide bonds. The van der Waals surface area contributed by atoms with Gasteiger partial charge in [-0.3, -0.25) is 4.79 Å². The van der Waals surface area contributed by atoms with Crippen molar-refractivity contribution in [2.24, 2.45) is 0 Å². The average Bonchev–Trinajstić information content (AvgIpc) is 2.25. The minimum absolute atomic E-state index is 0.207. The molecule has 0 aliphatic carbocycles. The number of hydrogen-bond donors (Lipinski definition) is 0. The molecule has 15 heavy (non-hydrogen) atoms. The van der Waals surface area contributed by atoms with Crippen LogP contribution in [0.5, 0.6) is 11.5 Å². The third kappa shape index (κ3) is 3.29. The van der Waals surface area contributed by atoms with Crippen LogP contribution in [-0.2, 0) is 0 Å². The van der Waals surface area contributed by atoms with Crippen molar-refractivity contribution in [2.75, 3.05) is 13.7 Å². The van der Waals surface area contributed by atoms with Crippen LogP contribution in [0.1, 0.15) is 10.4 Å². The maximum Gasteiger partial charge on any atom is 0.161 e. The van der Waals surface area contributed by atoms with Crippen LogP contribution in [-0.4, -0.2) is 20.0 Å². The lowest BCUT2D eigenvalue weighted by molar-refractivity contribution is 0.112. The minimum atomic E-state index is 0.207. The van der Waals surface area contributed by atoms with Crippen LogP contribution in [0.15, 0.2) is 29.8 Å². The number of carbonyl (C=O) groups excluding carboxylic acids is 1. The Hall–Kier alpha value is -1.48. The Morgan fingerprint density at radius 2 is 2.27 bits per heavy atom. The molecular weight excluding hydrogens is 216 g/mol. The lowest BCUT2D eigenvalue weighted by atomic mass is 10.2. The maximum absolute atomic E-state index is 10.5. The first-order valence-electron chi connectivity index (χ1n) is 4.26. The summed E-state index contributed by atoms with van der Waals surface area (Å²) in [6.07, 6.45) is 0.743. The van der Waals surface area contributed by atoms with Gasteiger partial charge in [-0.1, -0.05) is 18.2 Å². The highest BCUT2D eigenvalue weighted by molar-refractivity contribution is 6.29. The summed E-state index contributed by atoms with van der Waals surface area (Å²) in [4.78, 5) is 10.5. The quantitative estimate of drug-likeness (QED) is 0.724. The molecule has 1 aromatic carbocycles. The van der Waals surface area contributed by atoms with Gasteiger partial charge in [-0.15, -0.1) is 0 Å². The lowest BCUT2D eigenvalue weighted by Crippen LogP contribution is -1.99. The van der Waals surface area contributed by atoms with E-state index in [9.17, 15) is 4.79 Å². The van der Waals surface area contributed by atoms with E-state index in [2.05, 4.69) is 6.58 Å². The number of aldehydes is 1. The van der Waals surface area contributed by atoms with Crippen molar-refractivity contribution in [1.82, 2.24) is 0 Å². The molecule has 0 unspecified atom stereocenters. The smallest absolute Gasteiger partial charge is 0.161 e. The van der Waals surface area contributed by atoms with Gasteiger partial charge >= 0.3 is 0 Å². The second-order valence-electron chi connectivity index (χ2n) is 2.83. The molecule has 1 rings (SSSR count). The Morgan fingerprint density at radius 1 is 1.53 bits per heavy atom. The van der Waals surface area contributed by atoms with Crippen LogP contribution in [0.3, 0.4) is 0 Å². The van der Waals surface area contributed by atoms with Crippen LogP contribution >= 0.6 is 11.6 Å². The van der Waals surface area contributed by atoms with Gasteiger partial charge < -0.3 is 9.47 Å². The molecule has 1 aromatic rings. The molecule has 4 heteroatoms. The van der Waals surface area contributed by atoms with Gasteiger partial charge in [-0.2, -0.15) is 0 Å². The van der Waals surface area contributed by atoms with Crippen molar-refractivity contribution in [2.45, 2.75) is 0 Å². The molecule has 0 N–H and O–H groups in total. The van der Waals surface area contributed by atoms with E-state index in [1.165, 1.54) is 7.11 Å². The molecule has 0 aliphatic heterocycles. The molecule has 0 aliphatic rings. The number of ether oxygens (including phenoxy) is 2. The molecule has 0 fully saturated rings. The number of halogens is 1. The fourth-order valence-corrected chi connectivity index (χ4v) is 1.09. The summed E-state index contributed by atoms with van der Waals surface area (Å²) in [5, 5.41) is 0.400. The Kier molecular flexibility index (Phi) is 4.18. The summed E-state index contributed by atoms with van der Waals surface area (Å²) >= 11 is 5.57. The maximum atomic E-state index is 10.5. The van der Waals surface area contributed by atoms with Crippen LogP contribution < -0.4 is 9.47 Å². The Balaban J connectivity index is 2.87. The molecule has 0 heterocycles. The van der Waals surface area contributed by atoms with Gasteiger partial charge in [0.2, 0.25) is 0 Å². The molecule has 0 saturated carbocycles. The Morgan fingerprint density at radius 3 is 2.80 bits per heavy atom. The summed E-state index contributed by atoms with van der Waals surface area (Å²) in [6, 6.07) is 4.89. The number of rotatable bonds is 5. The van der Waals surface area contributed by atoms with Crippen molar-refractivity contribution < 1.29 is 14.3 Å². The number of methoxy groups -OCH3 is 1. The highest BCUT2D eigenvalue weighted by Crippen LogP contribution is 2.27. The van der Waals surface area contributed by atoms with Gasteiger partial charge in [0.05, 0.1) is 7.11 Å². The predicted molar refractivity (Wildman–Crippen MR) is 58.9 cm³/mol. The summed E-state index contributed by atoms with van der Waals surface area (Å²) in [5.74, 6) is 1.03. The highest BCUT2D eigenvalue weighted by Gasteiger charge is 2.05. The van der Waals surface area contributed by atoms with Gasteiger partial charge in [-0.25, -0.2) is 0 Å². The number of hydrogen-bond acceptors (Lipinski definition) is 3. The third-order valence-corrected chi connectivity index (χ3v) is 1.82. The van der Waals surface area contributed by atoms with Gasteiger partial charge in [0.25, 0.3) is 0 Å². The van der Waals surface area contributed by atoms with Crippen LogP contribution in [0, 0.1) is 0 Å². The number of benzene rings is 1. The monoisotopic (exact) mass is 226 g/mol. The van der Waals surface area contributed by atoms with Crippen molar-refractivity contribution >= 4 is 17.9 Å².